The lowest BCUT2D eigenvalue weighted by Crippen LogP contribution is -2.11. The fourth-order valence-electron chi connectivity index (χ4n) is 6.14. The molecule has 0 radical (unpaired) electrons. The van der Waals surface area contributed by atoms with Gasteiger partial charge >= 0.3 is 0 Å². The van der Waals surface area contributed by atoms with Gasteiger partial charge in [-0.25, -0.2) is 0 Å². The molecule has 1 heteroatoms. The van der Waals surface area contributed by atoms with E-state index in [2.05, 4.69) is 78.9 Å². The Bertz CT molecular complexity index is 2480. The molecule has 0 aliphatic carbocycles. The van der Waals surface area contributed by atoms with Crippen molar-refractivity contribution in [1.29, 1.82) is 0 Å². The van der Waals surface area contributed by atoms with Gasteiger partial charge in [0, 0.05) is 16.9 Å². The number of rotatable bonds is 7. The molecule has 0 unspecified atom stereocenters. The number of nitrogens with zero attached hydrogens (tertiary/aromatic N) is 1. The van der Waals surface area contributed by atoms with Crippen molar-refractivity contribution < 1.29 is 5.48 Å². The lowest BCUT2D eigenvalue weighted by atomic mass is 9.97. The van der Waals surface area contributed by atoms with Gasteiger partial charge in [0.05, 0.1) is 11.2 Å². The molecule has 0 aromatic heterocycles. The molecule has 0 heterocycles. The summed E-state index contributed by atoms with van der Waals surface area (Å²) in [5.74, 6) is 0. The zero-order valence-electron chi connectivity index (χ0n) is 29.7. The minimum Gasteiger partial charge on any atom is -0.310 e. The Kier molecular flexibility index (Phi) is 6.50. The SMILES string of the molecule is [2H]c1c([2H])c(N(c2ccc(-c3cccc(-c4ccc5ccccc5c4)c3)cc2)c2ccccc2-c2ccccc2)c([2H])c([2H])c1-c1ccccc1. The molecule has 8 aromatic rings. The van der Waals surface area contributed by atoms with Crippen LogP contribution in [0, 0.1) is 0 Å². The van der Waals surface area contributed by atoms with E-state index >= 15 is 0 Å². The molecule has 0 spiro atoms. The number of hydrogen-bond donors (Lipinski definition) is 0. The first-order chi connectivity index (χ1) is 25.0. The molecule has 1 nitrogen and oxygen atoms in total. The molecule has 8 rings (SSSR count). The molecule has 47 heavy (non-hydrogen) atoms. The Labute approximate surface area is 282 Å². The highest BCUT2D eigenvalue weighted by Crippen LogP contribution is 2.42. The minimum absolute atomic E-state index is 0.0819. The summed E-state index contributed by atoms with van der Waals surface area (Å²) in [5.41, 5.74) is 8.87. The third-order valence-electron chi connectivity index (χ3n) is 8.53. The van der Waals surface area contributed by atoms with E-state index in [0.29, 0.717) is 5.56 Å². The highest BCUT2D eigenvalue weighted by Gasteiger charge is 2.17. The Morgan fingerprint density at radius 2 is 0.851 bits per heavy atom. The monoisotopic (exact) mass is 603 g/mol. The first kappa shape index (κ1) is 24.1. The number of para-hydroxylation sites is 1. The van der Waals surface area contributed by atoms with Crippen molar-refractivity contribution in [3.05, 3.63) is 200 Å². The Morgan fingerprint density at radius 3 is 1.60 bits per heavy atom. The van der Waals surface area contributed by atoms with Crippen LogP contribution in [-0.2, 0) is 0 Å². The largest absolute Gasteiger partial charge is 0.310 e. The second-order valence-electron chi connectivity index (χ2n) is 11.5. The normalized spacial score (nSPS) is 12.2. The molecule has 0 atom stereocenters. The third kappa shape index (κ3) is 5.83. The van der Waals surface area contributed by atoms with Crippen LogP contribution in [0.3, 0.4) is 0 Å². The van der Waals surface area contributed by atoms with Crippen molar-refractivity contribution >= 4 is 27.8 Å². The van der Waals surface area contributed by atoms with Crippen LogP contribution in [0.4, 0.5) is 17.1 Å². The Hall–Kier alpha value is -6.18. The number of fused-ring (bicyclic) bond motifs is 1. The lowest BCUT2D eigenvalue weighted by molar-refractivity contribution is 1.28. The van der Waals surface area contributed by atoms with Crippen molar-refractivity contribution in [2.45, 2.75) is 0 Å². The minimum atomic E-state index is -0.107. The van der Waals surface area contributed by atoms with E-state index in [4.69, 9.17) is 2.74 Å². The van der Waals surface area contributed by atoms with Gasteiger partial charge in [-0.05, 0) is 92.1 Å². The topological polar surface area (TPSA) is 3.24 Å². The van der Waals surface area contributed by atoms with Gasteiger partial charge in [0.1, 0.15) is 0 Å². The molecule has 0 bridgehead atoms. The van der Waals surface area contributed by atoms with E-state index in [-0.39, 0.29) is 35.4 Å². The molecule has 222 valence electrons. The van der Waals surface area contributed by atoms with Crippen molar-refractivity contribution in [3.8, 4) is 44.5 Å². The quantitative estimate of drug-likeness (QED) is 0.175. The zero-order chi connectivity index (χ0) is 34.9. The summed E-state index contributed by atoms with van der Waals surface area (Å²) in [6.45, 7) is 0. The van der Waals surface area contributed by atoms with Gasteiger partial charge < -0.3 is 4.90 Å². The van der Waals surface area contributed by atoms with Gasteiger partial charge in [0.2, 0.25) is 0 Å². The summed E-state index contributed by atoms with van der Waals surface area (Å²) in [6, 6.07) is 58.3. The zero-order valence-corrected chi connectivity index (χ0v) is 25.7. The summed E-state index contributed by atoms with van der Waals surface area (Å²) in [6.07, 6.45) is 0. The summed E-state index contributed by atoms with van der Waals surface area (Å²) in [7, 11) is 0. The predicted molar refractivity (Wildman–Crippen MR) is 200 cm³/mol. The van der Waals surface area contributed by atoms with Crippen LogP contribution in [0.2, 0.25) is 0 Å². The molecular formula is C46H33N. The van der Waals surface area contributed by atoms with Crippen LogP contribution in [-0.4, -0.2) is 0 Å². The van der Waals surface area contributed by atoms with Gasteiger partial charge in [-0.3, -0.25) is 0 Å². The predicted octanol–water partition coefficient (Wildman–Crippen LogP) is 13.0. The molecule has 0 N–H and O–H groups in total. The van der Waals surface area contributed by atoms with Crippen molar-refractivity contribution in [1.82, 2.24) is 0 Å². The first-order valence-corrected chi connectivity index (χ1v) is 15.8. The lowest BCUT2D eigenvalue weighted by Gasteiger charge is -2.28. The summed E-state index contributed by atoms with van der Waals surface area (Å²) in [5, 5.41) is 2.41. The van der Waals surface area contributed by atoms with Crippen molar-refractivity contribution in [2.24, 2.45) is 0 Å². The molecule has 8 aromatic carbocycles. The summed E-state index contributed by atoms with van der Waals surface area (Å²) >= 11 is 0. The van der Waals surface area contributed by atoms with Gasteiger partial charge in [-0.2, -0.15) is 0 Å². The smallest absolute Gasteiger partial charge is 0.0645 e. The second-order valence-corrected chi connectivity index (χ2v) is 11.5. The second kappa shape index (κ2) is 12.7. The fourth-order valence-corrected chi connectivity index (χ4v) is 6.14. The molecule has 0 saturated carbocycles. The van der Waals surface area contributed by atoms with E-state index in [1.807, 2.05) is 102 Å². The highest BCUT2D eigenvalue weighted by atomic mass is 15.1. The molecule has 0 aliphatic rings. The van der Waals surface area contributed by atoms with Gasteiger partial charge in [-0.1, -0.05) is 158 Å². The molecular weight excluding hydrogens is 567 g/mol. The molecule has 0 amide bonds. The van der Waals surface area contributed by atoms with Crippen LogP contribution in [0.15, 0.2) is 200 Å². The highest BCUT2D eigenvalue weighted by molar-refractivity contribution is 5.90. The van der Waals surface area contributed by atoms with Crippen LogP contribution < -0.4 is 4.90 Å². The standard InChI is InChI=1S/C46H33N/c1-3-12-34(13-4-1)36-24-28-43(29-25-36)47(46-21-10-9-20-45(46)38-15-5-2-6-16-38)44-30-26-37(27-31-44)40-18-11-19-41(32-40)42-23-22-35-14-7-8-17-39(35)33-42/h1-33H/i24D,25D,28D,29D. The average Bonchev–Trinajstić information content (AvgIpc) is 3.19. The van der Waals surface area contributed by atoms with Crippen LogP contribution in [0.1, 0.15) is 5.48 Å². The van der Waals surface area contributed by atoms with E-state index in [9.17, 15) is 2.74 Å². The van der Waals surface area contributed by atoms with Gasteiger partial charge in [-0.15, -0.1) is 0 Å². The number of anilines is 3. The molecule has 0 saturated heterocycles. The Morgan fingerprint density at radius 1 is 0.319 bits per heavy atom. The number of hydrogen-bond acceptors (Lipinski definition) is 1. The average molecular weight is 604 g/mol. The summed E-state index contributed by atoms with van der Waals surface area (Å²) in [4.78, 5) is 1.87. The molecule has 0 fully saturated rings. The van der Waals surface area contributed by atoms with E-state index < -0.39 is 0 Å². The van der Waals surface area contributed by atoms with E-state index in [1.54, 1.807) is 0 Å². The first-order valence-electron chi connectivity index (χ1n) is 17.8. The van der Waals surface area contributed by atoms with Gasteiger partial charge in [0.25, 0.3) is 0 Å². The van der Waals surface area contributed by atoms with Crippen molar-refractivity contribution in [3.63, 3.8) is 0 Å². The van der Waals surface area contributed by atoms with Crippen LogP contribution >= 0.6 is 0 Å². The van der Waals surface area contributed by atoms with Crippen molar-refractivity contribution in [2.75, 3.05) is 4.90 Å². The van der Waals surface area contributed by atoms with Crippen LogP contribution in [0.25, 0.3) is 55.3 Å². The fraction of sp³-hybridized carbons (Fsp3) is 0. The maximum atomic E-state index is 9.33. The van der Waals surface area contributed by atoms with Crippen LogP contribution in [0.5, 0.6) is 0 Å². The third-order valence-corrected chi connectivity index (χ3v) is 8.53. The maximum Gasteiger partial charge on any atom is 0.0645 e. The maximum absolute atomic E-state index is 9.33. The number of benzene rings is 8. The Balaban J connectivity index is 1.26. The summed E-state index contributed by atoms with van der Waals surface area (Å²) < 4.78 is 36.9. The molecule has 0 aliphatic heterocycles. The van der Waals surface area contributed by atoms with E-state index in [1.165, 1.54) is 10.8 Å². The van der Waals surface area contributed by atoms with Gasteiger partial charge in [0.15, 0.2) is 0 Å². The van der Waals surface area contributed by atoms with E-state index in [0.717, 1.165) is 44.8 Å².